The van der Waals surface area contributed by atoms with E-state index >= 15 is 0 Å². The van der Waals surface area contributed by atoms with Crippen molar-refractivity contribution < 1.29 is 14.2 Å². The van der Waals surface area contributed by atoms with E-state index < -0.39 is 11.9 Å². The number of hydrogen-bond donors (Lipinski definition) is 1. The van der Waals surface area contributed by atoms with Crippen LogP contribution in [0.3, 0.4) is 0 Å². The van der Waals surface area contributed by atoms with Crippen LogP contribution in [-0.2, 0) is 6.42 Å². The smallest absolute Gasteiger partial charge is 0.168 e. The van der Waals surface area contributed by atoms with Crippen molar-refractivity contribution in [1.82, 2.24) is 4.98 Å². The van der Waals surface area contributed by atoms with Gasteiger partial charge in [0.2, 0.25) is 0 Å². The number of aromatic nitrogens is 1. The predicted octanol–water partition coefficient (Wildman–Crippen LogP) is 3.72. The van der Waals surface area contributed by atoms with Crippen LogP contribution in [0, 0.1) is 5.82 Å². The maximum atomic E-state index is 14.1. The molecule has 1 N–H and O–H groups in total. The third-order valence-corrected chi connectivity index (χ3v) is 4.24. The Kier molecular flexibility index (Phi) is 3.86. The minimum atomic E-state index is -0.800. The normalized spacial score (nSPS) is 12.5. The molecule has 2 heterocycles. The summed E-state index contributed by atoms with van der Waals surface area (Å²) in [5, 5.41) is 12.3. The molecule has 1 unspecified atom stereocenters. The lowest BCUT2D eigenvalue weighted by Crippen LogP contribution is -2.05. The second-order valence-electron chi connectivity index (χ2n) is 4.73. The number of aliphatic hydroxyl groups excluding tert-OH is 1. The van der Waals surface area contributed by atoms with Crippen molar-refractivity contribution in [2.75, 3.05) is 7.11 Å². The molecular formula is C16H14FNO2S. The molecule has 1 atom stereocenters. The quantitative estimate of drug-likeness (QED) is 0.798. The van der Waals surface area contributed by atoms with Gasteiger partial charge in [-0.15, -0.1) is 11.3 Å². The summed E-state index contributed by atoms with van der Waals surface area (Å²) in [5.74, 6) is -0.240. The molecule has 0 saturated carbocycles. The number of aliphatic hydroxyl groups is 1. The lowest BCUT2D eigenvalue weighted by Gasteiger charge is -2.13. The Morgan fingerprint density at radius 3 is 3.05 bits per heavy atom. The van der Waals surface area contributed by atoms with Crippen LogP contribution in [0.2, 0.25) is 0 Å². The van der Waals surface area contributed by atoms with Gasteiger partial charge in [-0.1, -0.05) is 12.1 Å². The largest absolute Gasteiger partial charge is 0.494 e. The van der Waals surface area contributed by atoms with Crippen molar-refractivity contribution in [2.24, 2.45) is 0 Å². The molecular weight excluding hydrogens is 289 g/mol. The Hall–Kier alpha value is -1.98. The van der Waals surface area contributed by atoms with Gasteiger partial charge >= 0.3 is 0 Å². The van der Waals surface area contributed by atoms with E-state index in [0.717, 1.165) is 10.2 Å². The fraction of sp³-hybridized carbons (Fsp3) is 0.188. The lowest BCUT2D eigenvalue weighted by atomic mass is 10.0. The van der Waals surface area contributed by atoms with Crippen LogP contribution in [-0.4, -0.2) is 17.2 Å². The fourth-order valence-electron chi connectivity index (χ4n) is 2.24. The molecule has 108 valence electrons. The van der Waals surface area contributed by atoms with Crippen molar-refractivity contribution in [3.63, 3.8) is 0 Å². The van der Waals surface area contributed by atoms with E-state index in [9.17, 15) is 9.50 Å². The predicted molar refractivity (Wildman–Crippen MR) is 81.2 cm³/mol. The molecule has 0 radical (unpaired) electrons. The summed E-state index contributed by atoms with van der Waals surface area (Å²) in [6.45, 7) is 0. The number of rotatable bonds is 4. The number of pyridine rings is 1. The summed E-state index contributed by atoms with van der Waals surface area (Å²) >= 11 is 1.57. The van der Waals surface area contributed by atoms with E-state index in [2.05, 4.69) is 4.98 Å². The Labute approximate surface area is 125 Å². The number of halogens is 1. The standard InChI is InChI=1S/C16H14FNO2S/c1-20-14-4-2-3-10(16(14)17)7-13(19)11-8-15-12(18-9-11)5-6-21-15/h2-6,8-9,13,19H,7H2,1H3. The number of fused-ring (bicyclic) bond motifs is 1. The van der Waals surface area contributed by atoms with Gasteiger partial charge in [-0.05, 0) is 29.1 Å². The second-order valence-corrected chi connectivity index (χ2v) is 5.67. The summed E-state index contributed by atoms with van der Waals surface area (Å²) in [7, 11) is 1.42. The Morgan fingerprint density at radius 1 is 1.38 bits per heavy atom. The number of hydrogen-bond acceptors (Lipinski definition) is 4. The number of nitrogens with zero attached hydrogens (tertiary/aromatic N) is 1. The topological polar surface area (TPSA) is 42.4 Å². The Balaban J connectivity index is 1.87. The van der Waals surface area contributed by atoms with Crippen molar-refractivity contribution >= 4 is 21.6 Å². The minimum Gasteiger partial charge on any atom is -0.494 e. The molecule has 3 aromatic rings. The molecule has 1 aromatic carbocycles. The van der Waals surface area contributed by atoms with Crippen LogP contribution in [0.4, 0.5) is 4.39 Å². The first-order valence-corrected chi connectivity index (χ1v) is 7.39. The van der Waals surface area contributed by atoms with E-state index in [-0.39, 0.29) is 12.2 Å². The minimum absolute atomic E-state index is 0.182. The van der Waals surface area contributed by atoms with Gasteiger partial charge in [0.25, 0.3) is 0 Å². The summed E-state index contributed by atoms with van der Waals surface area (Å²) in [6, 6.07) is 8.75. The second kappa shape index (κ2) is 5.79. The first-order valence-electron chi connectivity index (χ1n) is 6.51. The van der Waals surface area contributed by atoms with Gasteiger partial charge in [0.15, 0.2) is 11.6 Å². The van der Waals surface area contributed by atoms with Crippen LogP contribution >= 0.6 is 11.3 Å². The number of benzene rings is 1. The zero-order valence-corrected chi connectivity index (χ0v) is 12.2. The number of thiophene rings is 1. The third kappa shape index (κ3) is 2.75. The van der Waals surface area contributed by atoms with Crippen LogP contribution in [0.25, 0.3) is 10.2 Å². The molecule has 0 aliphatic rings. The van der Waals surface area contributed by atoms with E-state index in [0.29, 0.717) is 11.1 Å². The molecule has 0 saturated heterocycles. The van der Waals surface area contributed by atoms with Gasteiger partial charge < -0.3 is 9.84 Å². The average Bonchev–Trinajstić information content (AvgIpc) is 2.96. The van der Waals surface area contributed by atoms with E-state index in [4.69, 9.17) is 4.74 Å². The molecule has 0 bridgehead atoms. The molecule has 0 spiro atoms. The molecule has 3 nitrogen and oxygen atoms in total. The van der Waals surface area contributed by atoms with E-state index in [1.807, 2.05) is 17.5 Å². The molecule has 5 heteroatoms. The molecule has 0 aliphatic heterocycles. The number of ether oxygens (including phenoxy) is 1. The molecule has 2 aromatic heterocycles. The van der Waals surface area contributed by atoms with Crippen LogP contribution in [0.15, 0.2) is 41.9 Å². The van der Waals surface area contributed by atoms with Crippen molar-refractivity contribution in [2.45, 2.75) is 12.5 Å². The van der Waals surface area contributed by atoms with Gasteiger partial charge in [-0.25, -0.2) is 4.39 Å². The van der Waals surface area contributed by atoms with Crippen molar-refractivity contribution in [1.29, 1.82) is 0 Å². The zero-order chi connectivity index (χ0) is 14.8. The molecule has 0 amide bonds. The Morgan fingerprint density at radius 2 is 2.24 bits per heavy atom. The van der Waals surface area contributed by atoms with Gasteiger partial charge in [0, 0.05) is 18.2 Å². The highest BCUT2D eigenvalue weighted by atomic mass is 32.1. The van der Waals surface area contributed by atoms with Crippen LogP contribution in [0.1, 0.15) is 17.2 Å². The van der Waals surface area contributed by atoms with Crippen molar-refractivity contribution in [3.05, 3.63) is 58.9 Å². The van der Waals surface area contributed by atoms with Gasteiger partial charge in [0.05, 0.1) is 23.4 Å². The van der Waals surface area contributed by atoms with E-state index in [1.54, 1.807) is 35.7 Å². The lowest BCUT2D eigenvalue weighted by molar-refractivity contribution is 0.176. The van der Waals surface area contributed by atoms with Crippen LogP contribution in [0.5, 0.6) is 5.75 Å². The summed E-state index contributed by atoms with van der Waals surface area (Å²) < 4.78 is 20.1. The molecule has 0 aliphatic carbocycles. The van der Waals surface area contributed by atoms with Crippen LogP contribution < -0.4 is 4.74 Å². The summed E-state index contributed by atoms with van der Waals surface area (Å²) in [4.78, 5) is 4.29. The van der Waals surface area contributed by atoms with Crippen molar-refractivity contribution in [3.8, 4) is 5.75 Å². The average molecular weight is 303 g/mol. The van der Waals surface area contributed by atoms with Gasteiger partial charge in [0.1, 0.15) is 0 Å². The van der Waals surface area contributed by atoms with Gasteiger partial charge in [-0.3, -0.25) is 4.98 Å². The van der Waals surface area contributed by atoms with E-state index in [1.165, 1.54) is 7.11 Å². The number of methoxy groups -OCH3 is 1. The molecule has 3 rings (SSSR count). The fourth-order valence-corrected chi connectivity index (χ4v) is 3.03. The monoisotopic (exact) mass is 303 g/mol. The van der Waals surface area contributed by atoms with Gasteiger partial charge in [-0.2, -0.15) is 0 Å². The Bertz CT molecular complexity index is 772. The first-order chi connectivity index (χ1) is 10.2. The first kappa shape index (κ1) is 14.0. The highest BCUT2D eigenvalue weighted by Gasteiger charge is 2.15. The molecule has 21 heavy (non-hydrogen) atoms. The highest BCUT2D eigenvalue weighted by Crippen LogP contribution is 2.27. The zero-order valence-electron chi connectivity index (χ0n) is 11.4. The highest BCUT2D eigenvalue weighted by molar-refractivity contribution is 7.17. The summed E-state index contributed by atoms with van der Waals surface area (Å²) in [5.41, 5.74) is 2.02. The maximum absolute atomic E-state index is 14.1. The molecule has 0 fully saturated rings. The third-order valence-electron chi connectivity index (χ3n) is 3.39. The summed E-state index contributed by atoms with van der Waals surface area (Å²) in [6.07, 6.45) is 1.02. The SMILES string of the molecule is COc1cccc(CC(O)c2cnc3ccsc3c2)c1F. The maximum Gasteiger partial charge on any atom is 0.168 e.